The van der Waals surface area contributed by atoms with Gasteiger partial charge in [0.25, 0.3) is 5.91 Å². The lowest BCUT2D eigenvalue weighted by Gasteiger charge is -2.29. The number of rotatable bonds is 3. The van der Waals surface area contributed by atoms with E-state index < -0.39 is 0 Å². The number of amides is 1. The highest BCUT2D eigenvalue weighted by molar-refractivity contribution is 5.95. The number of hydrogen-bond acceptors (Lipinski definition) is 3. The highest BCUT2D eigenvalue weighted by atomic mass is 16.1. The molecular weight excluding hydrogens is 238 g/mol. The molecule has 0 aliphatic heterocycles. The van der Waals surface area contributed by atoms with Crippen LogP contribution in [0.2, 0.25) is 0 Å². The van der Waals surface area contributed by atoms with Gasteiger partial charge in [0.2, 0.25) is 0 Å². The first-order valence-electron chi connectivity index (χ1n) is 6.92. The van der Waals surface area contributed by atoms with Crippen LogP contribution >= 0.6 is 0 Å². The van der Waals surface area contributed by atoms with Gasteiger partial charge in [-0.25, -0.2) is 0 Å². The third-order valence-corrected chi connectivity index (χ3v) is 3.76. The number of anilines is 1. The van der Waals surface area contributed by atoms with Crippen LogP contribution in [0.5, 0.6) is 0 Å². The van der Waals surface area contributed by atoms with Gasteiger partial charge in [-0.3, -0.25) is 4.79 Å². The minimum atomic E-state index is -0.0222. The van der Waals surface area contributed by atoms with Crippen LogP contribution in [0.4, 0.5) is 5.69 Å². The molecule has 1 aromatic rings. The Morgan fingerprint density at radius 2 is 2.05 bits per heavy atom. The quantitative estimate of drug-likeness (QED) is 0.871. The molecule has 2 unspecified atom stereocenters. The van der Waals surface area contributed by atoms with E-state index >= 15 is 0 Å². The smallest absolute Gasteiger partial charge is 0.251 e. The summed E-state index contributed by atoms with van der Waals surface area (Å²) in [5.41, 5.74) is 7.79. The van der Waals surface area contributed by atoms with Gasteiger partial charge in [-0.2, -0.15) is 0 Å². The first-order valence-corrected chi connectivity index (χ1v) is 6.92. The minimum absolute atomic E-state index is 0.0222. The second-order valence-corrected chi connectivity index (χ2v) is 5.47. The number of hydrogen-bond donors (Lipinski definition) is 2. The third-order valence-electron chi connectivity index (χ3n) is 3.76. The summed E-state index contributed by atoms with van der Waals surface area (Å²) < 4.78 is 0. The van der Waals surface area contributed by atoms with Gasteiger partial charge in [0.15, 0.2) is 0 Å². The van der Waals surface area contributed by atoms with Crippen molar-refractivity contribution < 1.29 is 4.79 Å². The van der Waals surface area contributed by atoms with Crippen LogP contribution in [0.25, 0.3) is 0 Å². The third kappa shape index (κ3) is 3.47. The molecule has 0 spiro atoms. The zero-order valence-corrected chi connectivity index (χ0v) is 11.7. The Hall–Kier alpha value is -1.55. The molecular formula is C15H23N3O. The van der Waals surface area contributed by atoms with Crippen molar-refractivity contribution in [2.75, 3.05) is 19.0 Å². The Morgan fingerprint density at radius 3 is 2.74 bits per heavy atom. The van der Waals surface area contributed by atoms with Crippen molar-refractivity contribution in [1.82, 2.24) is 5.32 Å². The van der Waals surface area contributed by atoms with E-state index in [2.05, 4.69) is 5.32 Å². The monoisotopic (exact) mass is 261 g/mol. The fourth-order valence-corrected chi connectivity index (χ4v) is 2.52. The van der Waals surface area contributed by atoms with Crippen LogP contribution in [-0.2, 0) is 0 Å². The van der Waals surface area contributed by atoms with Crippen molar-refractivity contribution in [2.24, 2.45) is 5.73 Å². The van der Waals surface area contributed by atoms with E-state index in [1.807, 2.05) is 43.3 Å². The maximum atomic E-state index is 12.2. The van der Waals surface area contributed by atoms with Crippen LogP contribution in [0.3, 0.4) is 0 Å². The van der Waals surface area contributed by atoms with Gasteiger partial charge < -0.3 is 16.0 Å². The Balaban J connectivity index is 2.05. The Labute approximate surface area is 115 Å². The Bertz CT molecular complexity index is 445. The number of nitrogens with zero attached hydrogens (tertiary/aromatic N) is 1. The summed E-state index contributed by atoms with van der Waals surface area (Å²) in [7, 11) is 3.93. The summed E-state index contributed by atoms with van der Waals surface area (Å²) in [5, 5.41) is 3.07. The van der Waals surface area contributed by atoms with Crippen molar-refractivity contribution in [2.45, 2.75) is 37.8 Å². The van der Waals surface area contributed by atoms with E-state index in [0.29, 0.717) is 5.56 Å². The molecule has 19 heavy (non-hydrogen) atoms. The predicted molar refractivity (Wildman–Crippen MR) is 78.5 cm³/mol. The number of carbonyl (C=O) groups is 1. The van der Waals surface area contributed by atoms with E-state index in [0.717, 1.165) is 24.9 Å². The molecule has 104 valence electrons. The highest BCUT2D eigenvalue weighted by Crippen LogP contribution is 2.18. The maximum absolute atomic E-state index is 12.2. The number of carbonyl (C=O) groups excluding carboxylic acids is 1. The number of benzene rings is 1. The largest absolute Gasteiger partial charge is 0.378 e. The van der Waals surface area contributed by atoms with Crippen LogP contribution in [0, 0.1) is 0 Å². The molecule has 0 aromatic heterocycles. The van der Waals surface area contributed by atoms with Crippen LogP contribution in [0.15, 0.2) is 24.3 Å². The molecule has 2 atom stereocenters. The van der Waals surface area contributed by atoms with Gasteiger partial charge in [-0.15, -0.1) is 0 Å². The van der Waals surface area contributed by atoms with E-state index in [-0.39, 0.29) is 18.0 Å². The van der Waals surface area contributed by atoms with E-state index in [4.69, 9.17) is 5.73 Å². The summed E-state index contributed by atoms with van der Waals surface area (Å²) in [4.78, 5) is 14.2. The first kappa shape index (κ1) is 13.9. The number of nitrogens with one attached hydrogen (secondary N) is 1. The first-order chi connectivity index (χ1) is 9.08. The zero-order valence-electron chi connectivity index (χ0n) is 11.7. The van der Waals surface area contributed by atoms with Crippen molar-refractivity contribution >= 4 is 11.6 Å². The fraction of sp³-hybridized carbons (Fsp3) is 0.533. The second-order valence-electron chi connectivity index (χ2n) is 5.47. The Kier molecular flexibility index (Phi) is 4.43. The highest BCUT2D eigenvalue weighted by Gasteiger charge is 2.23. The molecule has 0 saturated heterocycles. The molecule has 4 heteroatoms. The standard InChI is InChI=1S/C15H23N3O/c1-18(2)12-7-5-6-11(10-12)15(19)17-14-9-4-3-8-13(14)16/h5-7,10,13-14H,3-4,8-9,16H2,1-2H3,(H,17,19). The Morgan fingerprint density at radius 1 is 1.32 bits per heavy atom. The molecule has 1 aliphatic carbocycles. The molecule has 0 bridgehead atoms. The molecule has 1 aliphatic rings. The summed E-state index contributed by atoms with van der Waals surface area (Å²) in [5.74, 6) is -0.0222. The maximum Gasteiger partial charge on any atom is 0.251 e. The molecule has 4 nitrogen and oxygen atoms in total. The summed E-state index contributed by atoms with van der Waals surface area (Å²) in [6.07, 6.45) is 4.31. The average Bonchev–Trinajstić information content (AvgIpc) is 2.41. The zero-order chi connectivity index (χ0) is 13.8. The lowest BCUT2D eigenvalue weighted by atomic mass is 9.91. The topological polar surface area (TPSA) is 58.4 Å². The average molecular weight is 261 g/mol. The van der Waals surface area contributed by atoms with Crippen molar-refractivity contribution in [3.05, 3.63) is 29.8 Å². The van der Waals surface area contributed by atoms with Crippen molar-refractivity contribution in [3.63, 3.8) is 0 Å². The van der Waals surface area contributed by atoms with Crippen LogP contribution < -0.4 is 16.0 Å². The van der Waals surface area contributed by atoms with Gasteiger partial charge in [0.05, 0.1) is 0 Å². The van der Waals surface area contributed by atoms with Crippen molar-refractivity contribution in [3.8, 4) is 0 Å². The summed E-state index contributed by atoms with van der Waals surface area (Å²) in [6, 6.07) is 7.85. The van der Waals surface area contributed by atoms with Crippen molar-refractivity contribution in [1.29, 1.82) is 0 Å². The molecule has 3 N–H and O–H groups in total. The molecule has 0 radical (unpaired) electrons. The van der Waals surface area contributed by atoms with Gasteiger partial charge in [-0.05, 0) is 31.0 Å². The number of nitrogens with two attached hydrogens (primary N) is 1. The van der Waals surface area contributed by atoms with E-state index in [1.165, 1.54) is 6.42 Å². The molecule has 1 amide bonds. The summed E-state index contributed by atoms with van der Waals surface area (Å²) in [6.45, 7) is 0. The van der Waals surface area contributed by atoms with Gasteiger partial charge in [0.1, 0.15) is 0 Å². The van der Waals surface area contributed by atoms with E-state index in [1.54, 1.807) is 0 Å². The molecule has 1 aromatic carbocycles. The lowest BCUT2D eigenvalue weighted by Crippen LogP contribution is -2.49. The lowest BCUT2D eigenvalue weighted by molar-refractivity contribution is 0.0921. The van der Waals surface area contributed by atoms with Crippen LogP contribution in [0.1, 0.15) is 36.0 Å². The van der Waals surface area contributed by atoms with Crippen LogP contribution in [-0.4, -0.2) is 32.1 Å². The van der Waals surface area contributed by atoms with Gasteiger partial charge >= 0.3 is 0 Å². The van der Waals surface area contributed by atoms with E-state index in [9.17, 15) is 4.79 Å². The summed E-state index contributed by atoms with van der Waals surface area (Å²) >= 11 is 0. The van der Waals surface area contributed by atoms with Gasteiger partial charge in [0, 0.05) is 37.4 Å². The minimum Gasteiger partial charge on any atom is -0.378 e. The SMILES string of the molecule is CN(C)c1cccc(C(=O)NC2CCCCC2N)c1. The molecule has 2 rings (SSSR count). The van der Waals surface area contributed by atoms with Gasteiger partial charge in [-0.1, -0.05) is 18.9 Å². The molecule has 1 fully saturated rings. The fourth-order valence-electron chi connectivity index (χ4n) is 2.52. The normalized spacial score (nSPS) is 22.9. The molecule has 0 heterocycles. The second kappa shape index (κ2) is 6.06. The predicted octanol–water partition coefficient (Wildman–Crippen LogP) is 1.75. The molecule has 1 saturated carbocycles.